The number of aryl methyl sites for hydroxylation is 1. The van der Waals surface area contributed by atoms with Gasteiger partial charge in [-0.15, -0.1) is 0 Å². The van der Waals surface area contributed by atoms with E-state index in [2.05, 4.69) is 0 Å². The maximum Gasteiger partial charge on any atom is 0.449 e. The zero-order valence-electron chi connectivity index (χ0n) is 21.8. The second-order valence-corrected chi connectivity index (χ2v) is 10.8. The third-order valence-electron chi connectivity index (χ3n) is 7.49. The maximum absolute atomic E-state index is 13.1. The molecule has 2 heterocycles. The minimum Gasteiger partial charge on any atom is -0.506 e. The lowest BCUT2D eigenvalue weighted by molar-refractivity contribution is -0.171. The fourth-order valence-electron chi connectivity index (χ4n) is 5.37. The zero-order chi connectivity index (χ0) is 30.0. The van der Waals surface area contributed by atoms with Crippen LogP contribution < -0.4 is 9.64 Å². The van der Waals surface area contributed by atoms with Gasteiger partial charge >= 0.3 is 12.1 Å². The molecular weight excluding hydrogens is 594 g/mol. The first-order valence-electron chi connectivity index (χ1n) is 12.7. The van der Waals surface area contributed by atoms with Gasteiger partial charge in [-0.3, -0.25) is 4.79 Å². The molecule has 0 bridgehead atoms. The highest BCUT2D eigenvalue weighted by molar-refractivity contribution is 6.33. The highest BCUT2D eigenvalue weighted by Gasteiger charge is 2.54. The van der Waals surface area contributed by atoms with Gasteiger partial charge < -0.3 is 19.5 Å². The summed E-state index contributed by atoms with van der Waals surface area (Å²) in [7, 11) is 1.75. The zero-order valence-corrected chi connectivity index (χ0v) is 23.3. The van der Waals surface area contributed by atoms with Crippen molar-refractivity contribution in [3.63, 3.8) is 0 Å². The summed E-state index contributed by atoms with van der Waals surface area (Å²) in [5, 5.41) is 10.7. The van der Waals surface area contributed by atoms with E-state index in [0.717, 1.165) is 0 Å². The number of carbonyl (C=O) groups excluding carboxylic acids is 2. The largest absolute Gasteiger partial charge is 0.506 e. The number of carbonyl (C=O) groups is 2. The van der Waals surface area contributed by atoms with Crippen LogP contribution >= 0.6 is 23.2 Å². The number of aromatic hydroxyl groups is 1. The van der Waals surface area contributed by atoms with Gasteiger partial charge in [-0.2, -0.15) is 13.2 Å². The first-order valence-corrected chi connectivity index (χ1v) is 13.5. The number of nitrogens with zero attached hydrogens (tertiary/aromatic N) is 1. The van der Waals surface area contributed by atoms with E-state index in [-0.39, 0.29) is 22.9 Å². The van der Waals surface area contributed by atoms with Crippen LogP contribution in [0.5, 0.6) is 17.2 Å². The molecule has 4 aromatic rings. The summed E-state index contributed by atoms with van der Waals surface area (Å²) in [6.07, 6.45) is -5.53. The molecular formula is C31H20Cl2F3NO5. The number of ketones is 1. The van der Waals surface area contributed by atoms with Crippen molar-refractivity contribution in [2.75, 3.05) is 11.9 Å². The van der Waals surface area contributed by atoms with Gasteiger partial charge in [0.2, 0.25) is 5.78 Å². The van der Waals surface area contributed by atoms with Crippen LogP contribution in [0.1, 0.15) is 39.0 Å². The van der Waals surface area contributed by atoms with Crippen molar-refractivity contribution in [1.29, 1.82) is 0 Å². The van der Waals surface area contributed by atoms with Crippen LogP contribution in [0.4, 0.5) is 24.5 Å². The van der Waals surface area contributed by atoms with Crippen molar-refractivity contribution in [3.05, 3.63) is 111 Å². The Bertz CT molecular complexity index is 1770. The number of ether oxygens (including phenoxy) is 2. The van der Waals surface area contributed by atoms with Crippen LogP contribution in [-0.4, -0.2) is 30.1 Å². The Labute approximate surface area is 247 Å². The quantitative estimate of drug-likeness (QED) is 0.229. The lowest BCUT2D eigenvalue weighted by Crippen LogP contribution is -2.33. The molecule has 42 heavy (non-hydrogen) atoms. The molecule has 0 saturated carbocycles. The van der Waals surface area contributed by atoms with Gasteiger partial charge in [0.25, 0.3) is 0 Å². The van der Waals surface area contributed by atoms with Gasteiger partial charge in [0.15, 0.2) is 5.60 Å². The number of benzene rings is 4. The number of phenolic OH excluding ortho intramolecular Hbond substituents is 1. The molecule has 0 amide bonds. The molecule has 0 fully saturated rings. The van der Waals surface area contributed by atoms with E-state index in [4.69, 9.17) is 32.7 Å². The molecule has 0 aliphatic carbocycles. The van der Waals surface area contributed by atoms with Gasteiger partial charge in [0, 0.05) is 48.0 Å². The van der Waals surface area contributed by atoms with Crippen molar-refractivity contribution in [1.82, 2.24) is 0 Å². The molecule has 2 aliphatic rings. The van der Waals surface area contributed by atoms with Gasteiger partial charge in [0.05, 0.1) is 21.3 Å². The first kappa shape index (κ1) is 27.9. The molecule has 0 saturated heterocycles. The van der Waals surface area contributed by atoms with E-state index in [0.29, 0.717) is 50.0 Å². The Kier molecular flexibility index (Phi) is 6.62. The number of rotatable bonds is 5. The standard InChI is InChI=1S/C31H20Cl2F3NO5/c1-37(17-9-6-16(7-10-17)8-11-28(39)31(34,35)36)24-14-26-20(12-22(24)32)30(19-5-3-2-4-18(19)29(40)42-30)21-13-23(33)25(38)15-27(21)41-26/h2-7,9-10,12-15,38H,8,11H2,1H3. The number of Topliss-reactive ketones (excluding diaryl/α,β-unsaturated/α-hetero) is 1. The molecule has 4 aromatic carbocycles. The molecule has 1 spiro atoms. The van der Waals surface area contributed by atoms with Crippen LogP contribution in [0.15, 0.2) is 72.8 Å². The Morgan fingerprint density at radius 1 is 0.929 bits per heavy atom. The molecule has 2 aliphatic heterocycles. The molecule has 11 heteroatoms. The summed E-state index contributed by atoms with van der Waals surface area (Å²) < 4.78 is 50.0. The summed E-state index contributed by atoms with van der Waals surface area (Å²) in [4.78, 5) is 26.0. The number of phenols is 1. The van der Waals surface area contributed by atoms with Crippen molar-refractivity contribution in [2.24, 2.45) is 0 Å². The topological polar surface area (TPSA) is 76.1 Å². The minimum absolute atomic E-state index is 0.0473. The van der Waals surface area contributed by atoms with Crippen molar-refractivity contribution >= 4 is 46.3 Å². The number of halogens is 5. The van der Waals surface area contributed by atoms with Crippen molar-refractivity contribution in [3.8, 4) is 17.2 Å². The molecule has 6 rings (SSSR count). The van der Waals surface area contributed by atoms with Crippen LogP contribution in [0.25, 0.3) is 0 Å². The summed E-state index contributed by atoms with van der Waals surface area (Å²) in [5.74, 6) is -1.96. The van der Waals surface area contributed by atoms with E-state index in [1.807, 2.05) is 0 Å². The van der Waals surface area contributed by atoms with E-state index in [9.17, 15) is 27.9 Å². The van der Waals surface area contributed by atoms with Gasteiger partial charge in [-0.05, 0) is 42.3 Å². The van der Waals surface area contributed by atoms with Gasteiger partial charge in [-0.1, -0.05) is 53.5 Å². The monoisotopic (exact) mass is 613 g/mol. The summed E-state index contributed by atoms with van der Waals surface area (Å²) >= 11 is 13.1. The van der Waals surface area contributed by atoms with Crippen molar-refractivity contribution < 1.29 is 37.3 Å². The summed E-state index contributed by atoms with van der Waals surface area (Å²) in [5.41, 5.74) is 2.14. The molecule has 0 aromatic heterocycles. The van der Waals surface area contributed by atoms with Crippen LogP contribution in [-0.2, 0) is 21.6 Å². The van der Waals surface area contributed by atoms with Crippen molar-refractivity contribution in [2.45, 2.75) is 24.6 Å². The second-order valence-electron chi connectivity index (χ2n) is 9.96. The predicted molar refractivity (Wildman–Crippen MR) is 150 cm³/mol. The minimum atomic E-state index is -4.85. The molecule has 1 unspecified atom stereocenters. The lowest BCUT2D eigenvalue weighted by atomic mass is 9.77. The third-order valence-corrected chi connectivity index (χ3v) is 8.10. The Morgan fingerprint density at radius 3 is 2.26 bits per heavy atom. The number of anilines is 2. The highest BCUT2D eigenvalue weighted by Crippen LogP contribution is 2.58. The van der Waals surface area contributed by atoms with E-state index >= 15 is 0 Å². The lowest BCUT2D eigenvalue weighted by Gasteiger charge is -2.37. The number of fused-ring (bicyclic) bond motifs is 6. The van der Waals surface area contributed by atoms with Crippen LogP contribution in [0, 0.1) is 0 Å². The van der Waals surface area contributed by atoms with E-state index < -0.39 is 30.0 Å². The maximum atomic E-state index is 13.1. The van der Waals surface area contributed by atoms with E-state index in [1.165, 1.54) is 12.1 Å². The third kappa shape index (κ3) is 4.44. The van der Waals surface area contributed by atoms with Gasteiger partial charge in [0.1, 0.15) is 17.2 Å². The predicted octanol–water partition coefficient (Wildman–Crippen LogP) is 8.10. The van der Waals surface area contributed by atoms with Crippen LogP contribution in [0.3, 0.4) is 0 Å². The molecule has 214 valence electrons. The highest BCUT2D eigenvalue weighted by atomic mass is 35.5. The van der Waals surface area contributed by atoms with Crippen LogP contribution in [0.2, 0.25) is 10.0 Å². The number of hydrogen-bond acceptors (Lipinski definition) is 6. The Balaban J connectivity index is 1.40. The fourth-order valence-corrected chi connectivity index (χ4v) is 5.82. The number of alkyl halides is 3. The summed E-state index contributed by atoms with van der Waals surface area (Å²) in [6, 6.07) is 19.8. The number of esters is 1. The summed E-state index contributed by atoms with van der Waals surface area (Å²) in [6.45, 7) is 0. The second kappa shape index (κ2) is 9.96. The number of hydrogen-bond donors (Lipinski definition) is 1. The molecule has 6 nitrogen and oxygen atoms in total. The normalized spacial score (nSPS) is 16.8. The molecule has 1 N–H and O–H groups in total. The SMILES string of the molecule is CN(c1ccc(CCC(=O)C(F)(F)F)cc1)c1cc2c(cc1Cl)C1(OC(=O)c3ccccc31)c1cc(Cl)c(O)cc1O2. The van der Waals surface area contributed by atoms with Gasteiger partial charge in [-0.25, -0.2) is 4.79 Å². The molecule has 1 atom stereocenters. The average Bonchev–Trinajstić information content (AvgIpc) is 3.25. The Morgan fingerprint density at radius 2 is 1.57 bits per heavy atom. The van der Waals surface area contributed by atoms with E-state index in [1.54, 1.807) is 72.6 Å². The molecule has 0 radical (unpaired) electrons. The Hall–Kier alpha value is -4.21. The smallest absolute Gasteiger partial charge is 0.449 e. The first-order chi connectivity index (χ1) is 19.9. The average molecular weight is 614 g/mol. The fraction of sp³-hybridized carbons (Fsp3) is 0.161.